The van der Waals surface area contributed by atoms with E-state index in [1.54, 1.807) is 28.6 Å². The van der Waals surface area contributed by atoms with E-state index in [1.807, 2.05) is 37.5 Å². The predicted molar refractivity (Wildman–Crippen MR) is 147 cm³/mol. The van der Waals surface area contributed by atoms with Gasteiger partial charge in [0.2, 0.25) is 5.95 Å². The Balaban J connectivity index is 1.27. The highest BCUT2D eigenvalue weighted by Crippen LogP contribution is 2.63. The summed E-state index contributed by atoms with van der Waals surface area (Å²) >= 11 is 6.77. The zero-order chi connectivity index (χ0) is 26.3. The van der Waals surface area contributed by atoms with Gasteiger partial charge in [-0.15, -0.1) is 0 Å². The van der Waals surface area contributed by atoms with Gasteiger partial charge in [0.25, 0.3) is 5.56 Å². The van der Waals surface area contributed by atoms with E-state index in [0.717, 1.165) is 29.4 Å². The number of piperidine rings is 1. The minimum Gasteiger partial charge on any atom is -0.345 e. The van der Waals surface area contributed by atoms with Crippen LogP contribution >= 0.6 is 11.6 Å². The van der Waals surface area contributed by atoms with Gasteiger partial charge in [-0.25, -0.2) is 4.39 Å². The zero-order valence-corrected chi connectivity index (χ0v) is 21.8. The maximum absolute atomic E-state index is 14.8. The second-order valence-corrected chi connectivity index (χ2v) is 10.9. The minimum absolute atomic E-state index is 0.152. The Bertz CT molecular complexity index is 1810. The molecule has 2 aliphatic rings. The maximum Gasteiger partial charge on any atom is 0.264 e. The number of hydrogen-bond acceptors (Lipinski definition) is 5. The van der Waals surface area contributed by atoms with Crippen LogP contribution in [0.25, 0.3) is 33.1 Å². The molecule has 1 aliphatic carbocycles. The Labute approximate surface area is 222 Å². The third kappa shape index (κ3) is 3.09. The number of aromatic nitrogens is 5. The number of nitrogens with one attached hydrogen (secondary N) is 1. The number of rotatable bonds is 4. The van der Waals surface area contributed by atoms with Crippen LogP contribution in [0, 0.1) is 17.7 Å². The van der Waals surface area contributed by atoms with E-state index >= 15 is 0 Å². The van der Waals surface area contributed by atoms with Crippen LogP contribution in [0.1, 0.15) is 12.0 Å². The number of nitrogens with zero attached hydrogens (tertiary/aromatic N) is 5. The molecule has 0 spiro atoms. The number of aryl methyl sites for hydroxylation is 1. The van der Waals surface area contributed by atoms with Gasteiger partial charge in [-0.1, -0.05) is 35.9 Å². The lowest BCUT2D eigenvalue weighted by Crippen LogP contribution is -2.37. The van der Waals surface area contributed by atoms with Gasteiger partial charge in [-0.05, 0) is 36.0 Å². The van der Waals surface area contributed by atoms with Crippen molar-refractivity contribution < 1.29 is 4.39 Å². The number of nitrogens with two attached hydrogens (primary N) is 1. The van der Waals surface area contributed by atoms with Gasteiger partial charge >= 0.3 is 0 Å². The van der Waals surface area contributed by atoms with Crippen molar-refractivity contribution in [2.75, 3.05) is 24.5 Å². The van der Waals surface area contributed by atoms with Crippen molar-refractivity contribution in [3.8, 4) is 11.1 Å². The standard InChI is InChI=1S/C28H27ClFN7O/c1-35-12-17-22(34-35)8-7-15(24(17)29)16-11-32-25-23(16)26(38)36(2)27(33-25)37-10-9-18-20(13-37)28(18,14-31)19-5-3-4-6-21(19)30/h3-8,11-12,18,20,32H,9-10,13-14,31H2,1-2H3/t18-,20+,28-/m1/s1. The number of benzene rings is 2. The van der Waals surface area contributed by atoms with Crippen LogP contribution in [0.15, 0.2) is 53.6 Å². The lowest BCUT2D eigenvalue weighted by molar-refractivity contribution is 0.530. The largest absolute Gasteiger partial charge is 0.345 e. The number of halogens is 2. The molecular formula is C28H27ClFN7O. The third-order valence-electron chi connectivity index (χ3n) is 8.74. The summed E-state index contributed by atoms with van der Waals surface area (Å²) in [4.78, 5) is 23.9. The smallest absolute Gasteiger partial charge is 0.264 e. The first-order chi connectivity index (χ1) is 18.3. The summed E-state index contributed by atoms with van der Waals surface area (Å²) in [6.45, 7) is 1.78. The van der Waals surface area contributed by atoms with Crippen molar-refractivity contribution in [1.29, 1.82) is 0 Å². The van der Waals surface area contributed by atoms with Crippen molar-refractivity contribution in [1.82, 2.24) is 24.3 Å². The van der Waals surface area contributed by atoms with E-state index in [2.05, 4.69) is 15.0 Å². The zero-order valence-electron chi connectivity index (χ0n) is 21.1. The normalized spacial score (nSPS) is 22.8. The topological polar surface area (TPSA) is 97.8 Å². The molecule has 0 unspecified atom stereocenters. The minimum atomic E-state index is -0.371. The van der Waals surface area contributed by atoms with Crippen LogP contribution < -0.4 is 16.2 Å². The Hall–Kier alpha value is -3.69. The highest BCUT2D eigenvalue weighted by molar-refractivity contribution is 6.38. The van der Waals surface area contributed by atoms with Crippen LogP contribution in [0.2, 0.25) is 5.02 Å². The maximum atomic E-state index is 14.8. The summed E-state index contributed by atoms with van der Waals surface area (Å²) in [5, 5.41) is 6.28. The molecule has 1 aliphatic heterocycles. The quantitative estimate of drug-likeness (QED) is 0.366. The number of hydrogen-bond donors (Lipinski definition) is 2. The summed E-state index contributed by atoms with van der Waals surface area (Å²) in [7, 11) is 3.60. The van der Waals surface area contributed by atoms with Crippen molar-refractivity contribution in [3.63, 3.8) is 0 Å². The Kier molecular flexibility index (Phi) is 5.03. The molecule has 2 fully saturated rings. The third-order valence-corrected chi connectivity index (χ3v) is 9.15. The summed E-state index contributed by atoms with van der Waals surface area (Å²) in [5.41, 5.74) is 9.21. The molecule has 3 N–H and O–H groups in total. The van der Waals surface area contributed by atoms with E-state index in [1.165, 1.54) is 6.07 Å². The fourth-order valence-electron chi connectivity index (χ4n) is 6.84. The van der Waals surface area contributed by atoms with Gasteiger partial charge in [0.15, 0.2) is 0 Å². The Morgan fingerprint density at radius 2 is 2.00 bits per heavy atom. The molecule has 194 valence electrons. The molecule has 3 aromatic heterocycles. The van der Waals surface area contributed by atoms with Crippen molar-refractivity contribution >= 4 is 39.5 Å². The van der Waals surface area contributed by atoms with Crippen molar-refractivity contribution in [2.45, 2.75) is 11.8 Å². The molecule has 5 aromatic rings. The highest BCUT2D eigenvalue weighted by Gasteiger charge is 2.66. The van der Waals surface area contributed by atoms with Crippen LogP contribution in [0.3, 0.4) is 0 Å². The molecule has 4 heterocycles. The highest BCUT2D eigenvalue weighted by atomic mass is 35.5. The second kappa shape index (κ2) is 8.15. The van der Waals surface area contributed by atoms with Crippen LogP contribution in [-0.4, -0.2) is 43.9 Å². The fourth-order valence-corrected chi connectivity index (χ4v) is 7.15. The molecule has 1 saturated heterocycles. The number of H-pyrrole nitrogens is 1. The molecule has 1 saturated carbocycles. The molecule has 10 heteroatoms. The van der Waals surface area contributed by atoms with Crippen LogP contribution in [0.4, 0.5) is 10.3 Å². The van der Waals surface area contributed by atoms with E-state index in [4.69, 9.17) is 22.3 Å². The molecule has 8 nitrogen and oxygen atoms in total. The first-order valence-corrected chi connectivity index (χ1v) is 13.1. The lowest BCUT2D eigenvalue weighted by atomic mass is 9.91. The predicted octanol–water partition coefficient (Wildman–Crippen LogP) is 3.96. The first kappa shape index (κ1) is 23.4. The van der Waals surface area contributed by atoms with E-state index in [-0.39, 0.29) is 22.7 Å². The van der Waals surface area contributed by atoms with Gasteiger partial charge in [0.1, 0.15) is 11.5 Å². The van der Waals surface area contributed by atoms with Gasteiger partial charge in [0.05, 0.1) is 15.9 Å². The Morgan fingerprint density at radius 3 is 2.79 bits per heavy atom. The molecule has 3 atom stereocenters. The number of aromatic amines is 1. The van der Waals surface area contributed by atoms with Crippen LogP contribution in [-0.2, 0) is 19.5 Å². The first-order valence-electron chi connectivity index (χ1n) is 12.8. The van der Waals surface area contributed by atoms with Crippen molar-refractivity contribution in [3.05, 3.63) is 75.5 Å². The van der Waals surface area contributed by atoms with Gasteiger partial charge < -0.3 is 15.6 Å². The van der Waals surface area contributed by atoms with Gasteiger partial charge in [0, 0.05) is 68.1 Å². The molecule has 7 rings (SSSR count). The van der Waals surface area contributed by atoms with Crippen LogP contribution in [0.5, 0.6) is 0 Å². The molecular weight excluding hydrogens is 505 g/mol. The summed E-state index contributed by atoms with van der Waals surface area (Å²) in [5.74, 6) is 0.917. The SMILES string of the molecule is Cn1cc2c(Cl)c(-c3c[nH]c4nc(N5CC[C@@H]6[C@H](C5)[C@@]6(CN)c5ccccc5F)n(C)c(=O)c34)ccc2n1. The Morgan fingerprint density at radius 1 is 1.18 bits per heavy atom. The molecule has 2 aromatic carbocycles. The lowest BCUT2D eigenvalue weighted by Gasteiger charge is -2.28. The van der Waals surface area contributed by atoms with Gasteiger partial charge in [-0.2, -0.15) is 10.1 Å². The number of anilines is 1. The summed E-state index contributed by atoms with van der Waals surface area (Å²) < 4.78 is 18.1. The monoisotopic (exact) mass is 531 g/mol. The fraction of sp³-hybridized carbons (Fsp3) is 0.321. The molecule has 0 radical (unpaired) electrons. The average molecular weight is 532 g/mol. The van der Waals surface area contributed by atoms with E-state index < -0.39 is 0 Å². The molecule has 0 amide bonds. The summed E-state index contributed by atoms with van der Waals surface area (Å²) in [6.07, 6.45) is 4.52. The second-order valence-electron chi connectivity index (χ2n) is 10.5. The molecule has 38 heavy (non-hydrogen) atoms. The average Bonchev–Trinajstić information content (AvgIpc) is 3.15. The number of fused-ring (bicyclic) bond motifs is 3. The van der Waals surface area contributed by atoms with Gasteiger partial charge in [-0.3, -0.25) is 14.0 Å². The molecule has 0 bridgehead atoms. The van der Waals surface area contributed by atoms with E-state index in [9.17, 15) is 9.18 Å². The van der Waals surface area contributed by atoms with Crippen molar-refractivity contribution in [2.24, 2.45) is 31.7 Å². The van der Waals surface area contributed by atoms with E-state index in [0.29, 0.717) is 52.1 Å². The summed E-state index contributed by atoms with van der Waals surface area (Å²) in [6, 6.07) is 10.7.